The second kappa shape index (κ2) is 4.30. The summed E-state index contributed by atoms with van der Waals surface area (Å²) in [7, 11) is 0. The topological polar surface area (TPSA) is 55.1 Å². The van der Waals surface area contributed by atoms with Crippen LogP contribution in [0, 0.1) is 0 Å². The van der Waals surface area contributed by atoms with Crippen molar-refractivity contribution in [1.82, 2.24) is 0 Å². The highest BCUT2D eigenvalue weighted by Gasteiger charge is 2.02. The smallest absolute Gasteiger partial charge is 0.271 e. The zero-order valence-corrected chi connectivity index (χ0v) is 7.45. The van der Waals surface area contributed by atoms with Crippen molar-refractivity contribution in [1.29, 1.82) is 0 Å². The van der Waals surface area contributed by atoms with Gasteiger partial charge in [-0.3, -0.25) is 4.79 Å². The van der Waals surface area contributed by atoms with Crippen LogP contribution in [0.2, 0.25) is 0 Å². The number of amides is 1. The van der Waals surface area contributed by atoms with E-state index in [2.05, 4.69) is 5.32 Å². The van der Waals surface area contributed by atoms with Crippen LogP contribution in [-0.4, -0.2) is 5.91 Å². The molecular weight excluding hydrogens is 164 g/mol. The molecule has 0 aliphatic rings. The Morgan fingerprint density at radius 1 is 1.38 bits per heavy atom. The highest BCUT2D eigenvalue weighted by Crippen LogP contribution is 2.05. The van der Waals surface area contributed by atoms with Gasteiger partial charge < -0.3 is 11.1 Å². The van der Waals surface area contributed by atoms with Crippen molar-refractivity contribution in [3.8, 4) is 0 Å². The number of anilines is 1. The molecule has 0 aliphatic carbocycles. The average molecular weight is 176 g/mol. The van der Waals surface area contributed by atoms with Gasteiger partial charge in [-0.2, -0.15) is 0 Å². The minimum atomic E-state index is -0.270. The molecule has 0 heterocycles. The first-order valence-corrected chi connectivity index (χ1v) is 4.02. The van der Waals surface area contributed by atoms with Crippen LogP contribution in [0.15, 0.2) is 42.1 Å². The second-order valence-electron chi connectivity index (χ2n) is 2.56. The van der Waals surface area contributed by atoms with Crippen molar-refractivity contribution in [2.75, 3.05) is 5.32 Å². The van der Waals surface area contributed by atoms with E-state index in [9.17, 15) is 4.79 Å². The van der Waals surface area contributed by atoms with Crippen LogP contribution in [0.4, 0.5) is 5.69 Å². The quantitative estimate of drug-likeness (QED) is 0.671. The van der Waals surface area contributed by atoms with E-state index in [0.717, 1.165) is 5.69 Å². The highest BCUT2D eigenvalue weighted by molar-refractivity contribution is 6.02. The van der Waals surface area contributed by atoms with Gasteiger partial charge in [-0.25, -0.2) is 0 Å². The van der Waals surface area contributed by atoms with E-state index in [-0.39, 0.29) is 11.6 Å². The fourth-order valence-electron chi connectivity index (χ4n) is 0.856. The minimum Gasteiger partial charge on any atom is -0.395 e. The zero-order valence-electron chi connectivity index (χ0n) is 7.45. The molecule has 0 aliphatic heterocycles. The van der Waals surface area contributed by atoms with Crippen molar-refractivity contribution < 1.29 is 4.79 Å². The zero-order chi connectivity index (χ0) is 9.68. The van der Waals surface area contributed by atoms with Gasteiger partial charge in [0.15, 0.2) is 0 Å². The molecule has 3 heteroatoms. The number of hydrogen-bond donors (Lipinski definition) is 2. The van der Waals surface area contributed by atoms with Crippen LogP contribution < -0.4 is 11.1 Å². The summed E-state index contributed by atoms with van der Waals surface area (Å²) in [5.74, 6) is -0.270. The number of benzene rings is 1. The fourth-order valence-corrected chi connectivity index (χ4v) is 0.856. The standard InChI is InChI=1S/C10H12N2O/c1-2-9(11)10(13)12-8-6-4-3-5-7-8/h2-7H,11H2,1H3,(H,12,13)/b9-2-. The third kappa shape index (κ3) is 2.63. The molecule has 3 nitrogen and oxygen atoms in total. The van der Waals surface area contributed by atoms with Crippen LogP contribution in [0.25, 0.3) is 0 Å². The number of carbonyl (C=O) groups is 1. The number of hydrogen-bond acceptors (Lipinski definition) is 2. The van der Waals surface area contributed by atoms with Crippen LogP contribution in [0.5, 0.6) is 0 Å². The largest absolute Gasteiger partial charge is 0.395 e. The number of carbonyl (C=O) groups excluding carboxylic acids is 1. The summed E-state index contributed by atoms with van der Waals surface area (Å²) in [5, 5.41) is 2.66. The predicted octanol–water partition coefficient (Wildman–Crippen LogP) is 1.49. The summed E-state index contributed by atoms with van der Waals surface area (Å²) in [4.78, 5) is 11.2. The number of allylic oxidation sites excluding steroid dienone is 1. The molecule has 0 spiro atoms. The Morgan fingerprint density at radius 2 is 2.00 bits per heavy atom. The summed E-state index contributed by atoms with van der Waals surface area (Å²) < 4.78 is 0. The average Bonchev–Trinajstić information content (AvgIpc) is 2.18. The maximum Gasteiger partial charge on any atom is 0.271 e. The van der Waals surface area contributed by atoms with E-state index in [1.165, 1.54) is 0 Å². The van der Waals surface area contributed by atoms with Gasteiger partial charge >= 0.3 is 0 Å². The van der Waals surface area contributed by atoms with Gasteiger partial charge in [0.05, 0.1) is 5.70 Å². The summed E-state index contributed by atoms with van der Waals surface area (Å²) >= 11 is 0. The maximum atomic E-state index is 11.2. The molecule has 1 aromatic rings. The van der Waals surface area contributed by atoms with E-state index >= 15 is 0 Å². The van der Waals surface area contributed by atoms with Gasteiger partial charge in [-0.15, -0.1) is 0 Å². The van der Waals surface area contributed by atoms with Crippen LogP contribution >= 0.6 is 0 Å². The molecular formula is C10H12N2O. The molecule has 0 radical (unpaired) electrons. The normalized spacial score (nSPS) is 11.0. The lowest BCUT2D eigenvalue weighted by Gasteiger charge is -2.03. The van der Waals surface area contributed by atoms with Gasteiger partial charge in [0.25, 0.3) is 5.91 Å². The van der Waals surface area contributed by atoms with E-state index in [1.54, 1.807) is 25.1 Å². The Bertz CT molecular complexity index is 317. The summed E-state index contributed by atoms with van der Waals surface area (Å²) in [6, 6.07) is 9.19. The molecule has 13 heavy (non-hydrogen) atoms. The number of para-hydroxylation sites is 1. The van der Waals surface area contributed by atoms with Gasteiger partial charge in [0.2, 0.25) is 0 Å². The van der Waals surface area contributed by atoms with E-state index < -0.39 is 0 Å². The van der Waals surface area contributed by atoms with Gasteiger partial charge in [0.1, 0.15) is 0 Å². The molecule has 0 fully saturated rings. The molecule has 0 saturated carbocycles. The summed E-state index contributed by atoms with van der Waals surface area (Å²) in [6.45, 7) is 1.72. The van der Waals surface area contributed by atoms with Crippen molar-refractivity contribution in [2.24, 2.45) is 5.73 Å². The molecule has 1 aromatic carbocycles. The lowest BCUT2D eigenvalue weighted by Crippen LogP contribution is -2.19. The molecule has 0 unspecified atom stereocenters. The van der Waals surface area contributed by atoms with Crippen LogP contribution in [0.3, 0.4) is 0 Å². The van der Waals surface area contributed by atoms with Crippen LogP contribution in [-0.2, 0) is 4.79 Å². The molecule has 1 rings (SSSR count). The molecule has 0 bridgehead atoms. The molecule has 0 saturated heterocycles. The van der Waals surface area contributed by atoms with Crippen molar-refractivity contribution >= 4 is 11.6 Å². The molecule has 1 amide bonds. The first kappa shape index (κ1) is 9.32. The van der Waals surface area contributed by atoms with Crippen molar-refractivity contribution in [2.45, 2.75) is 6.92 Å². The first-order valence-electron chi connectivity index (χ1n) is 4.02. The number of nitrogens with one attached hydrogen (secondary N) is 1. The van der Waals surface area contributed by atoms with E-state index in [0.29, 0.717) is 0 Å². The Balaban J connectivity index is 2.66. The molecule has 0 aromatic heterocycles. The van der Waals surface area contributed by atoms with Crippen molar-refractivity contribution in [3.05, 3.63) is 42.1 Å². The number of nitrogens with two attached hydrogens (primary N) is 1. The Morgan fingerprint density at radius 3 is 2.54 bits per heavy atom. The number of rotatable bonds is 2. The summed E-state index contributed by atoms with van der Waals surface area (Å²) in [5.41, 5.74) is 6.39. The fraction of sp³-hybridized carbons (Fsp3) is 0.100. The first-order chi connectivity index (χ1) is 6.24. The molecule has 0 atom stereocenters. The predicted molar refractivity (Wildman–Crippen MR) is 53.0 cm³/mol. The van der Waals surface area contributed by atoms with Crippen LogP contribution in [0.1, 0.15) is 6.92 Å². The maximum absolute atomic E-state index is 11.2. The van der Waals surface area contributed by atoms with Gasteiger partial charge in [-0.1, -0.05) is 24.3 Å². The highest BCUT2D eigenvalue weighted by atomic mass is 16.1. The Hall–Kier alpha value is -1.77. The minimum absolute atomic E-state index is 0.226. The van der Waals surface area contributed by atoms with Gasteiger partial charge in [0, 0.05) is 5.69 Å². The lowest BCUT2D eigenvalue weighted by molar-refractivity contribution is -0.112. The van der Waals surface area contributed by atoms with Crippen molar-refractivity contribution in [3.63, 3.8) is 0 Å². The molecule has 68 valence electrons. The lowest BCUT2D eigenvalue weighted by atomic mass is 10.3. The second-order valence-corrected chi connectivity index (χ2v) is 2.56. The SMILES string of the molecule is C/C=C(\N)C(=O)Nc1ccccc1. The third-order valence-electron chi connectivity index (χ3n) is 1.60. The third-order valence-corrected chi connectivity index (χ3v) is 1.60. The van der Waals surface area contributed by atoms with E-state index in [1.807, 2.05) is 18.2 Å². The van der Waals surface area contributed by atoms with Gasteiger partial charge in [-0.05, 0) is 19.1 Å². The van der Waals surface area contributed by atoms with E-state index in [4.69, 9.17) is 5.73 Å². The Labute approximate surface area is 77.3 Å². The summed E-state index contributed by atoms with van der Waals surface area (Å²) in [6.07, 6.45) is 1.57. The molecule has 3 N–H and O–H groups in total. The monoisotopic (exact) mass is 176 g/mol. The Kier molecular flexibility index (Phi) is 3.09.